The fourth-order valence-electron chi connectivity index (χ4n) is 2.78. The molecule has 1 unspecified atom stereocenters. The lowest BCUT2D eigenvalue weighted by Gasteiger charge is -2.31. The van der Waals surface area contributed by atoms with Crippen molar-refractivity contribution < 1.29 is 0 Å². The monoisotopic (exact) mass is 295 g/mol. The maximum Gasteiger partial charge on any atom is 0.242 e. The van der Waals surface area contributed by atoms with E-state index < -0.39 is 0 Å². The van der Waals surface area contributed by atoms with Crippen LogP contribution < -0.4 is 4.48 Å². The molecule has 0 bridgehead atoms. The fraction of sp³-hybridized carbons (Fsp3) is 0.0556. The number of amidine groups is 1. The Labute approximate surface area is 129 Å². The van der Waals surface area contributed by atoms with Crippen LogP contribution in [0.3, 0.4) is 0 Å². The van der Waals surface area contributed by atoms with Gasteiger partial charge < -0.3 is 0 Å². The van der Waals surface area contributed by atoms with Crippen LogP contribution >= 0.6 is 11.6 Å². The van der Waals surface area contributed by atoms with Gasteiger partial charge in [0.15, 0.2) is 5.69 Å². The van der Waals surface area contributed by atoms with Crippen LogP contribution in [-0.2, 0) is 0 Å². The first-order chi connectivity index (χ1) is 10.2. The summed E-state index contributed by atoms with van der Waals surface area (Å²) in [6.45, 7) is 5.96. The average molecular weight is 296 g/mol. The Balaban J connectivity index is 2.34. The minimum Gasteiger partial charge on any atom is -0.198 e. The highest BCUT2D eigenvalue weighted by Gasteiger charge is 2.40. The molecule has 21 heavy (non-hydrogen) atoms. The van der Waals surface area contributed by atoms with Gasteiger partial charge in [0.25, 0.3) is 0 Å². The van der Waals surface area contributed by atoms with Crippen LogP contribution in [0.1, 0.15) is 5.56 Å². The van der Waals surface area contributed by atoms with Gasteiger partial charge in [-0.05, 0) is 13.0 Å². The molecule has 0 aliphatic carbocycles. The van der Waals surface area contributed by atoms with Gasteiger partial charge in [0.2, 0.25) is 5.84 Å². The van der Waals surface area contributed by atoms with Gasteiger partial charge in [0.1, 0.15) is 11.9 Å². The normalized spacial score (nSPS) is 20.4. The standard InChI is InChI=1S/C18H16ClN2/c1-3-18-20-12-13-21(18,15-8-5-4-6-9-15)17-11-7-10-16(19)14(17)2/h3-13H,1H2,2H3/q+1. The second-order valence-electron chi connectivity index (χ2n) is 4.93. The van der Waals surface area contributed by atoms with Crippen molar-refractivity contribution in [2.75, 3.05) is 0 Å². The van der Waals surface area contributed by atoms with Crippen LogP contribution in [0.15, 0.2) is 78.6 Å². The molecule has 0 saturated heterocycles. The van der Waals surface area contributed by atoms with Crippen LogP contribution in [0.5, 0.6) is 0 Å². The van der Waals surface area contributed by atoms with Gasteiger partial charge in [0, 0.05) is 34.9 Å². The van der Waals surface area contributed by atoms with E-state index in [4.69, 9.17) is 11.6 Å². The number of halogens is 1. The number of hydrogen-bond acceptors (Lipinski definition) is 1. The van der Waals surface area contributed by atoms with E-state index in [0.29, 0.717) is 4.48 Å². The Bertz CT molecular complexity index is 747. The molecule has 2 aromatic carbocycles. The summed E-state index contributed by atoms with van der Waals surface area (Å²) in [7, 11) is 0. The quantitative estimate of drug-likeness (QED) is 0.676. The number of rotatable bonds is 3. The van der Waals surface area contributed by atoms with Gasteiger partial charge in [-0.25, -0.2) is 0 Å². The lowest BCUT2D eigenvalue weighted by Crippen LogP contribution is -2.42. The predicted molar refractivity (Wildman–Crippen MR) is 90.9 cm³/mol. The van der Waals surface area contributed by atoms with Crippen molar-refractivity contribution >= 4 is 28.8 Å². The number of quaternary nitrogens is 1. The van der Waals surface area contributed by atoms with Crippen molar-refractivity contribution in [3.63, 3.8) is 0 Å². The minimum atomic E-state index is 0.413. The molecular formula is C18H16ClN2+. The van der Waals surface area contributed by atoms with Crippen molar-refractivity contribution in [3.8, 4) is 0 Å². The van der Waals surface area contributed by atoms with E-state index in [0.717, 1.165) is 27.8 Å². The third-order valence-corrected chi connectivity index (χ3v) is 4.23. The molecule has 3 rings (SSSR count). The highest BCUT2D eigenvalue weighted by Crippen LogP contribution is 2.42. The second-order valence-corrected chi connectivity index (χ2v) is 5.34. The van der Waals surface area contributed by atoms with Gasteiger partial charge in [-0.1, -0.05) is 42.4 Å². The van der Waals surface area contributed by atoms with Crippen LogP contribution in [0, 0.1) is 6.92 Å². The topological polar surface area (TPSA) is 12.4 Å². The van der Waals surface area contributed by atoms with Gasteiger partial charge in [-0.2, -0.15) is 9.48 Å². The summed E-state index contributed by atoms with van der Waals surface area (Å²) >= 11 is 6.33. The molecule has 0 fully saturated rings. The molecule has 1 atom stereocenters. The SMILES string of the molecule is C=CC1=NC=C[N+]1(c1ccccc1)c1cccc(Cl)c1C. The van der Waals surface area contributed by atoms with Crippen molar-refractivity contribution in [1.82, 2.24) is 4.48 Å². The Morgan fingerprint density at radius 2 is 1.86 bits per heavy atom. The zero-order valence-electron chi connectivity index (χ0n) is 11.8. The molecule has 1 aliphatic rings. The van der Waals surface area contributed by atoms with E-state index in [1.54, 1.807) is 6.08 Å². The second kappa shape index (κ2) is 5.32. The first-order valence-electron chi connectivity index (χ1n) is 6.78. The van der Waals surface area contributed by atoms with E-state index in [2.05, 4.69) is 36.0 Å². The van der Waals surface area contributed by atoms with Crippen molar-refractivity contribution in [1.29, 1.82) is 0 Å². The van der Waals surface area contributed by atoms with E-state index >= 15 is 0 Å². The van der Waals surface area contributed by atoms with Gasteiger partial charge in [-0.15, -0.1) is 0 Å². The fourth-order valence-corrected chi connectivity index (χ4v) is 2.95. The molecule has 0 N–H and O–H groups in total. The number of nitrogens with zero attached hydrogens (tertiary/aromatic N) is 2. The van der Waals surface area contributed by atoms with E-state index in [-0.39, 0.29) is 0 Å². The molecular weight excluding hydrogens is 280 g/mol. The Morgan fingerprint density at radius 3 is 2.57 bits per heavy atom. The van der Waals surface area contributed by atoms with Crippen molar-refractivity contribution in [3.05, 3.63) is 84.2 Å². The number of benzene rings is 2. The summed E-state index contributed by atoms with van der Waals surface area (Å²) in [4.78, 5) is 4.48. The van der Waals surface area contributed by atoms with Crippen LogP contribution in [-0.4, -0.2) is 5.84 Å². The number of para-hydroxylation sites is 1. The summed E-state index contributed by atoms with van der Waals surface area (Å²) in [5.74, 6) is 0.867. The molecule has 0 amide bonds. The van der Waals surface area contributed by atoms with Crippen LogP contribution in [0.25, 0.3) is 0 Å². The van der Waals surface area contributed by atoms with Gasteiger partial charge in [0.05, 0.1) is 6.20 Å². The first kappa shape index (κ1) is 13.8. The summed E-state index contributed by atoms with van der Waals surface area (Å²) in [6, 6.07) is 16.2. The lowest BCUT2D eigenvalue weighted by molar-refractivity contribution is 0.746. The van der Waals surface area contributed by atoms with Crippen molar-refractivity contribution in [2.24, 2.45) is 4.99 Å². The largest absolute Gasteiger partial charge is 0.242 e. The van der Waals surface area contributed by atoms with E-state index in [1.807, 2.05) is 43.5 Å². The Hall–Kier alpha value is -2.16. The smallest absolute Gasteiger partial charge is 0.198 e. The number of hydrogen-bond donors (Lipinski definition) is 0. The predicted octanol–water partition coefficient (Wildman–Crippen LogP) is 5.36. The first-order valence-corrected chi connectivity index (χ1v) is 7.16. The average Bonchev–Trinajstić information content (AvgIpc) is 2.95. The summed E-state index contributed by atoms with van der Waals surface area (Å²) in [6.07, 6.45) is 5.68. The molecule has 2 nitrogen and oxygen atoms in total. The summed E-state index contributed by atoms with van der Waals surface area (Å²) < 4.78 is 0.413. The molecule has 0 aromatic heterocycles. The third kappa shape index (κ3) is 2.04. The lowest BCUT2D eigenvalue weighted by atomic mass is 10.1. The van der Waals surface area contributed by atoms with E-state index in [1.165, 1.54) is 0 Å². The van der Waals surface area contributed by atoms with Crippen molar-refractivity contribution in [2.45, 2.75) is 6.92 Å². The van der Waals surface area contributed by atoms with E-state index in [9.17, 15) is 0 Å². The maximum absolute atomic E-state index is 6.33. The summed E-state index contributed by atoms with van der Waals surface area (Å²) in [5.41, 5.74) is 3.24. The zero-order valence-corrected chi connectivity index (χ0v) is 12.6. The third-order valence-electron chi connectivity index (χ3n) is 3.82. The maximum atomic E-state index is 6.33. The molecule has 0 saturated carbocycles. The Morgan fingerprint density at radius 1 is 1.10 bits per heavy atom. The highest BCUT2D eigenvalue weighted by molar-refractivity contribution is 6.31. The molecule has 1 aliphatic heterocycles. The van der Waals surface area contributed by atoms with Crippen LogP contribution in [0.2, 0.25) is 5.02 Å². The number of aliphatic imine (C=N–C) groups is 1. The highest BCUT2D eigenvalue weighted by atomic mass is 35.5. The molecule has 0 radical (unpaired) electrons. The molecule has 1 heterocycles. The Kier molecular flexibility index (Phi) is 3.50. The van der Waals surface area contributed by atoms with Gasteiger partial charge >= 0.3 is 0 Å². The minimum absolute atomic E-state index is 0.413. The molecule has 0 spiro atoms. The molecule has 104 valence electrons. The van der Waals surface area contributed by atoms with Gasteiger partial charge in [-0.3, -0.25) is 0 Å². The summed E-state index contributed by atoms with van der Waals surface area (Å²) in [5, 5.41) is 0.754. The van der Waals surface area contributed by atoms with Crippen LogP contribution in [0.4, 0.5) is 11.4 Å². The zero-order chi connectivity index (χ0) is 14.9. The molecule has 3 heteroatoms. The molecule has 2 aromatic rings.